The molecule has 1 atom stereocenters. The number of methoxy groups -OCH3 is 1. The van der Waals surface area contributed by atoms with Gasteiger partial charge in [0.05, 0.1) is 13.7 Å². The second kappa shape index (κ2) is 5.68. The van der Waals surface area contributed by atoms with Gasteiger partial charge < -0.3 is 14.6 Å². The molecule has 0 bridgehead atoms. The highest BCUT2D eigenvalue weighted by Gasteiger charge is 2.21. The molecule has 17 heavy (non-hydrogen) atoms. The topological polar surface area (TPSA) is 55.8 Å². The SMILES string of the molecule is CCOC(=O)C(O)c1ccc(OC)c(C)c1C. The van der Waals surface area contributed by atoms with Crippen LogP contribution in [0.3, 0.4) is 0 Å². The molecule has 0 aliphatic heterocycles. The Kier molecular flexibility index (Phi) is 4.52. The third kappa shape index (κ3) is 2.77. The number of rotatable bonds is 4. The zero-order chi connectivity index (χ0) is 13.0. The average Bonchev–Trinajstić information content (AvgIpc) is 2.32. The quantitative estimate of drug-likeness (QED) is 0.814. The molecule has 0 fully saturated rings. The van der Waals surface area contributed by atoms with E-state index in [9.17, 15) is 9.90 Å². The van der Waals surface area contributed by atoms with E-state index in [1.54, 1.807) is 26.2 Å². The molecule has 1 N–H and O–H groups in total. The summed E-state index contributed by atoms with van der Waals surface area (Å²) in [5, 5.41) is 9.87. The van der Waals surface area contributed by atoms with Crippen molar-refractivity contribution in [3.05, 3.63) is 28.8 Å². The van der Waals surface area contributed by atoms with Crippen molar-refractivity contribution in [1.29, 1.82) is 0 Å². The van der Waals surface area contributed by atoms with Crippen molar-refractivity contribution in [3.63, 3.8) is 0 Å². The molecule has 0 saturated carbocycles. The first kappa shape index (κ1) is 13.5. The van der Waals surface area contributed by atoms with Gasteiger partial charge in [0.25, 0.3) is 0 Å². The molecular weight excluding hydrogens is 220 g/mol. The molecule has 0 saturated heterocycles. The lowest BCUT2D eigenvalue weighted by Crippen LogP contribution is -2.16. The van der Waals surface area contributed by atoms with Gasteiger partial charge in [0.2, 0.25) is 0 Å². The van der Waals surface area contributed by atoms with E-state index in [4.69, 9.17) is 9.47 Å². The first-order valence-electron chi connectivity index (χ1n) is 5.51. The van der Waals surface area contributed by atoms with Crippen LogP contribution in [0.1, 0.15) is 29.7 Å². The summed E-state index contributed by atoms with van der Waals surface area (Å²) in [5.74, 6) is 0.113. The molecule has 0 aliphatic rings. The van der Waals surface area contributed by atoms with Crippen molar-refractivity contribution in [3.8, 4) is 5.75 Å². The molecule has 0 spiro atoms. The molecule has 1 aromatic carbocycles. The molecule has 4 heteroatoms. The van der Waals surface area contributed by atoms with Crippen molar-refractivity contribution < 1.29 is 19.4 Å². The second-order valence-electron chi connectivity index (χ2n) is 3.76. The molecule has 1 unspecified atom stereocenters. The van der Waals surface area contributed by atoms with Gasteiger partial charge in [-0.25, -0.2) is 4.79 Å². The minimum absolute atomic E-state index is 0.254. The Bertz CT molecular complexity index is 412. The Labute approximate surface area is 101 Å². The lowest BCUT2D eigenvalue weighted by atomic mass is 9.98. The molecule has 4 nitrogen and oxygen atoms in total. The standard InChI is InChI=1S/C13H18O4/c1-5-17-13(15)12(14)10-6-7-11(16-4)9(3)8(10)2/h6-7,12,14H,5H2,1-4H3. The summed E-state index contributed by atoms with van der Waals surface area (Å²) < 4.78 is 9.96. The molecule has 1 aromatic rings. The molecule has 0 amide bonds. The minimum atomic E-state index is -1.24. The summed E-state index contributed by atoms with van der Waals surface area (Å²) >= 11 is 0. The summed E-state index contributed by atoms with van der Waals surface area (Å²) in [6.45, 7) is 5.69. The fraction of sp³-hybridized carbons (Fsp3) is 0.462. The number of benzene rings is 1. The van der Waals surface area contributed by atoms with E-state index >= 15 is 0 Å². The van der Waals surface area contributed by atoms with Crippen LogP contribution >= 0.6 is 0 Å². The number of carbonyl (C=O) groups excluding carboxylic acids is 1. The van der Waals surface area contributed by atoms with Crippen molar-refractivity contribution in [1.82, 2.24) is 0 Å². The third-order valence-electron chi connectivity index (χ3n) is 2.80. The minimum Gasteiger partial charge on any atom is -0.496 e. The van der Waals surface area contributed by atoms with Gasteiger partial charge in [0.1, 0.15) is 5.75 Å². The van der Waals surface area contributed by atoms with Crippen LogP contribution in [0, 0.1) is 13.8 Å². The fourth-order valence-electron chi connectivity index (χ4n) is 1.68. The Hall–Kier alpha value is -1.55. The van der Waals surface area contributed by atoms with Crippen molar-refractivity contribution in [2.75, 3.05) is 13.7 Å². The average molecular weight is 238 g/mol. The zero-order valence-electron chi connectivity index (χ0n) is 10.6. The number of hydrogen-bond donors (Lipinski definition) is 1. The van der Waals surface area contributed by atoms with Crippen LogP contribution in [-0.2, 0) is 9.53 Å². The van der Waals surface area contributed by atoms with Crippen molar-refractivity contribution >= 4 is 5.97 Å². The lowest BCUT2D eigenvalue weighted by molar-refractivity contribution is -0.153. The largest absolute Gasteiger partial charge is 0.496 e. The van der Waals surface area contributed by atoms with E-state index < -0.39 is 12.1 Å². The number of ether oxygens (including phenoxy) is 2. The Morgan fingerprint density at radius 3 is 2.53 bits per heavy atom. The monoisotopic (exact) mass is 238 g/mol. The van der Waals surface area contributed by atoms with E-state index in [-0.39, 0.29) is 6.61 Å². The first-order valence-corrected chi connectivity index (χ1v) is 5.51. The molecule has 0 heterocycles. The van der Waals surface area contributed by atoms with E-state index in [0.29, 0.717) is 5.56 Å². The Balaban J connectivity index is 3.07. The van der Waals surface area contributed by atoms with Gasteiger partial charge >= 0.3 is 5.97 Å². The number of carbonyl (C=O) groups is 1. The van der Waals surface area contributed by atoms with E-state index in [0.717, 1.165) is 16.9 Å². The van der Waals surface area contributed by atoms with E-state index in [2.05, 4.69) is 0 Å². The molecule has 0 aliphatic carbocycles. The predicted octanol–water partition coefficient (Wildman–Crippen LogP) is 1.91. The fourth-order valence-corrected chi connectivity index (χ4v) is 1.68. The van der Waals surface area contributed by atoms with E-state index in [1.165, 1.54) is 0 Å². The van der Waals surface area contributed by atoms with Crippen molar-refractivity contribution in [2.24, 2.45) is 0 Å². The van der Waals surface area contributed by atoms with Crippen LogP contribution in [0.2, 0.25) is 0 Å². The summed E-state index contributed by atoms with van der Waals surface area (Å²) in [4.78, 5) is 11.5. The molecular formula is C13H18O4. The van der Waals surface area contributed by atoms with Gasteiger partial charge in [-0.3, -0.25) is 0 Å². The number of hydrogen-bond acceptors (Lipinski definition) is 4. The highest BCUT2D eigenvalue weighted by atomic mass is 16.5. The summed E-state index contributed by atoms with van der Waals surface area (Å²) in [7, 11) is 1.59. The molecule has 94 valence electrons. The Morgan fingerprint density at radius 2 is 2.00 bits per heavy atom. The van der Waals surface area contributed by atoms with Crippen LogP contribution in [0.25, 0.3) is 0 Å². The Morgan fingerprint density at radius 1 is 1.35 bits per heavy atom. The zero-order valence-corrected chi connectivity index (χ0v) is 10.6. The van der Waals surface area contributed by atoms with Crippen LogP contribution in [0.5, 0.6) is 5.75 Å². The lowest BCUT2D eigenvalue weighted by Gasteiger charge is -2.16. The van der Waals surface area contributed by atoms with E-state index in [1.807, 2.05) is 13.8 Å². The summed E-state index contributed by atoms with van der Waals surface area (Å²) in [6.07, 6.45) is -1.24. The summed E-state index contributed by atoms with van der Waals surface area (Å²) in [6, 6.07) is 3.42. The van der Waals surface area contributed by atoms with Gasteiger partial charge in [-0.05, 0) is 43.5 Å². The number of aliphatic hydroxyl groups is 1. The highest BCUT2D eigenvalue weighted by Crippen LogP contribution is 2.28. The van der Waals surface area contributed by atoms with Crippen LogP contribution in [0.4, 0.5) is 0 Å². The van der Waals surface area contributed by atoms with Crippen molar-refractivity contribution in [2.45, 2.75) is 26.9 Å². The van der Waals surface area contributed by atoms with Crippen LogP contribution < -0.4 is 4.74 Å². The normalized spacial score (nSPS) is 12.1. The third-order valence-corrected chi connectivity index (χ3v) is 2.80. The van der Waals surface area contributed by atoms with Crippen LogP contribution in [-0.4, -0.2) is 24.8 Å². The first-order chi connectivity index (χ1) is 8.02. The summed E-state index contributed by atoms with van der Waals surface area (Å²) in [5.41, 5.74) is 2.31. The second-order valence-corrected chi connectivity index (χ2v) is 3.76. The maximum atomic E-state index is 11.5. The molecule has 1 rings (SSSR count). The maximum absolute atomic E-state index is 11.5. The molecule has 0 radical (unpaired) electrons. The number of aliphatic hydroxyl groups excluding tert-OH is 1. The van der Waals surface area contributed by atoms with Gasteiger partial charge in [0, 0.05) is 0 Å². The predicted molar refractivity (Wildman–Crippen MR) is 64.1 cm³/mol. The highest BCUT2D eigenvalue weighted by molar-refractivity contribution is 5.77. The smallest absolute Gasteiger partial charge is 0.339 e. The maximum Gasteiger partial charge on any atom is 0.339 e. The molecule has 0 aromatic heterocycles. The van der Waals surface area contributed by atoms with Gasteiger partial charge in [-0.2, -0.15) is 0 Å². The van der Waals surface area contributed by atoms with Crippen LogP contribution in [0.15, 0.2) is 12.1 Å². The van der Waals surface area contributed by atoms with Gasteiger partial charge in [0.15, 0.2) is 6.10 Å². The van der Waals surface area contributed by atoms with Gasteiger partial charge in [-0.1, -0.05) is 6.07 Å². The number of esters is 1. The van der Waals surface area contributed by atoms with Gasteiger partial charge in [-0.15, -0.1) is 0 Å².